The van der Waals surface area contributed by atoms with Crippen molar-refractivity contribution in [2.75, 3.05) is 0 Å². The van der Waals surface area contributed by atoms with Crippen LogP contribution in [0.3, 0.4) is 0 Å². The van der Waals surface area contributed by atoms with Crippen molar-refractivity contribution in [1.29, 1.82) is 0 Å². The number of benzene rings is 2. The minimum absolute atomic E-state index is 0.0901. The van der Waals surface area contributed by atoms with Gasteiger partial charge >= 0.3 is 0 Å². The maximum Gasteiger partial charge on any atom is 0.123 e. The number of aryl methyl sites for hydroxylation is 1. The maximum absolute atomic E-state index is 9.72. The van der Waals surface area contributed by atoms with Gasteiger partial charge in [-0.05, 0) is 73.1 Å². The zero-order valence-electron chi connectivity index (χ0n) is 15.6. The van der Waals surface area contributed by atoms with Gasteiger partial charge in [0.1, 0.15) is 23.4 Å². The zero-order chi connectivity index (χ0) is 18.3. The fourth-order valence-corrected chi connectivity index (χ4v) is 5.43. The summed E-state index contributed by atoms with van der Waals surface area (Å²) in [6.45, 7) is 4.64. The van der Waals surface area contributed by atoms with Gasteiger partial charge in [0.05, 0.1) is 0 Å². The standard InChI is InChI=1S/C23H28O3/c1-15(2)23(17-6-8-18(24)9-7-17)13-3-4-20(23)22-11-5-16-14-19(25)10-12-21(16)26-22/h6-10,12,14-15,20,22,24-25H,3-5,11,13H2,1-2H3/t20?,22-,23?/m0/s1. The molecule has 2 N–H and O–H groups in total. The van der Waals surface area contributed by atoms with Gasteiger partial charge in [-0.25, -0.2) is 0 Å². The lowest BCUT2D eigenvalue weighted by Gasteiger charge is -2.44. The van der Waals surface area contributed by atoms with E-state index in [1.807, 2.05) is 24.3 Å². The number of rotatable bonds is 3. The molecular formula is C23H28O3. The van der Waals surface area contributed by atoms with Crippen LogP contribution in [0.1, 0.15) is 50.7 Å². The van der Waals surface area contributed by atoms with Crippen LogP contribution in [0.25, 0.3) is 0 Å². The summed E-state index contributed by atoms with van der Waals surface area (Å²) < 4.78 is 6.46. The van der Waals surface area contributed by atoms with E-state index in [4.69, 9.17) is 4.74 Å². The first-order chi connectivity index (χ1) is 12.5. The van der Waals surface area contributed by atoms with Gasteiger partial charge in [-0.2, -0.15) is 0 Å². The largest absolute Gasteiger partial charge is 0.508 e. The fraction of sp³-hybridized carbons (Fsp3) is 0.478. The minimum Gasteiger partial charge on any atom is -0.508 e. The number of hydrogen-bond acceptors (Lipinski definition) is 3. The molecule has 2 aromatic rings. The van der Waals surface area contributed by atoms with Crippen LogP contribution in [0, 0.1) is 11.8 Å². The lowest BCUT2D eigenvalue weighted by molar-refractivity contribution is 0.0561. The highest BCUT2D eigenvalue weighted by molar-refractivity contribution is 5.42. The molecule has 0 saturated heterocycles. The van der Waals surface area contributed by atoms with Crippen molar-refractivity contribution >= 4 is 0 Å². The Morgan fingerprint density at radius 2 is 1.73 bits per heavy atom. The summed E-state index contributed by atoms with van der Waals surface area (Å²) in [7, 11) is 0. The van der Waals surface area contributed by atoms with E-state index >= 15 is 0 Å². The molecule has 3 nitrogen and oxygen atoms in total. The highest BCUT2D eigenvalue weighted by Gasteiger charge is 2.50. The van der Waals surface area contributed by atoms with Gasteiger partial charge in [0, 0.05) is 11.3 Å². The molecular weight excluding hydrogens is 324 g/mol. The highest BCUT2D eigenvalue weighted by atomic mass is 16.5. The molecule has 4 rings (SSSR count). The van der Waals surface area contributed by atoms with Crippen molar-refractivity contribution in [2.24, 2.45) is 11.8 Å². The van der Waals surface area contributed by atoms with E-state index in [-0.39, 0.29) is 11.5 Å². The first-order valence-electron chi connectivity index (χ1n) is 9.79. The smallest absolute Gasteiger partial charge is 0.123 e. The summed E-state index contributed by atoms with van der Waals surface area (Å²) in [6.07, 6.45) is 5.71. The molecule has 0 radical (unpaired) electrons. The number of aromatic hydroxyl groups is 2. The Morgan fingerprint density at radius 1 is 1.00 bits per heavy atom. The van der Waals surface area contributed by atoms with Crippen molar-refractivity contribution in [3.63, 3.8) is 0 Å². The number of hydrogen-bond donors (Lipinski definition) is 2. The first kappa shape index (κ1) is 17.3. The van der Waals surface area contributed by atoms with Crippen LogP contribution >= 0.6 is 0 Å². The molecule has 3 heteroatoms. The van der Waals surface area contributed by atoms with Crippen LogP contribution in [0.5, 0.6) is 17.2 Å². The molecule has 1 aliphatic heterocycles. The molecule has 1 aliphatic carbocycles. The van der Waals surface area contributed by atoms with Gasteiger partial charge in [0.15, 0.2) is 0 Å². The molecule has 26 heavy (non-hydrogen) atoms. The quantitative estimate of drug-likeness (QED) is 0.799. The summed E-state index contributed by atoms with van der Waals surface area (Å²) in [6, 6.07) is 13.3. The van der Waals surface area contributed by atoms with Crippen LogP contribution in [-0.2, 0) is 11.8 Å². The Hall–Kier alpha value is -2.16. The molecule has 0 aromatic heterocycles. The number of fused-ring (bicyclic) bond motifs is 1. The Balaban J connectivity index is 1.68. The second kappa shape index (κ2) is 6.53. The van der Waals surface area contributed by atoms with Gasteiger partial charge in [-0.1, -0.05) is 32.4 Å². The Morgan fingerprint density at radius 3 is 2.46 bits per heavy atom. The number of phenolic OH excluding ortho intramolecular Hbond substituents is 2. The molecule has 1 heterocycles. The lowest BCUT2D eigenvalue weighted by atomic mass is 9.62. The van der Waals surface area contributed by atoms with Gasteiger partial charge < -0.3 is 14.9 Å². The topological polar surface area (TPSA) is 49.7 Å². The molecule has 0 bridgehead atoms. The van der Waals surface area contributed by atoms with Crippen LogP contribution in [0.4, 0.5) is 0 Å². The Kier molecular flexibility index (Phi) is 4.34. The van der Waals surface area contributed by atoms with Crippen molar-refractivity contribution < 1.29 is 14.9 Å². The minimum atomic E-state index is 0.0901. The van der Waals surface area contributed by atoms with Gasteiger partial charge in [-0.3, -0.25) is 0 Å². The Bertz CT molecular complexity index is 781. The van der Waals surface area contributed by atoms with Crippen molar-refractivity contribution in [1.82, 2.24) is 0 Å². The average molecular weight is 352 g/mol. The molecule has 2 aliphatic rings. The van der Waals surface area contributed by atoms with Crippen molar-refractivity contribution in [3.8, 4) is 17.2 Å². The molecule has 1 fully saturated rings. The fourth-order valence-electron chi connectivity index (χ4n) is 5.43. The third-order valence-corrected chi connectivity index (χ3v) is 6.67. The first-order valence-corrected chi connectivity index (χ1v) is 9.79. The van der Waals surface area contributed by atoms with E-state index in [1.54, 1.807) is 6.07 Å². The molecule has 3 atom stereocenters. The predicted octanol–water partition coefficient (Wildman–Crippen LogP) is 5.19. The van der Waals surface area contributed by atoms with E-state index < -0.39 is 0 Å². The molecule has 138 valence electrons. The lowest BCUT2D eigenvalue weighted by Crippen LogP contribution is -2.45. The van der Waals surface area contributed by atoms with E-state index in [0.717, 1.165) is 24.2 Å². The van der Waals surface area contributed by atoms with Crippen molar-refractivity contribution in [2.45, 2.75) is 57.5 Å². The van der Waals surface area contributed by atoms with Gasteiger partial charge in [0.2, 0.25) is 0 Å². The van der Waals surface area contributed by atoms with E-state index in [0.29, 0.717) is 23.3 Å². The monoisotopic (exact) mass is 352 g/mol. The van der Waals surface area contributed by atoms with Crippen LogP contribution < -0.4 is 4.74 Å². The SMILES string of the molecule is CC(C)C1(c2ccc(O)cc2)CCCC1[C@@H]1CCc2cc(O)ccc2O1. The second-order valence-corrected chi connectivity index (χ2v) is 8.23. The van der Waals surface area contributed by atoms with E-state index in [9.17, 15) is 10.2 Å². The van der Waals surface area contributed by atoms with Crippen LogP contribution in [0.15, 0.2) is 42.5 Å². The van der Waals surface area contributed by atoms with Crippen molar-refractivity contribution in [3.05, 3.63) is 53.6 Å². The van der Waals surface area contributed by atoms with E-state index in [2.05, 4.69) is 26.0 Å². The average Bonchev–Trinajstić information content (AvgIpc) is 3.08. The Labute approximate surface area is 155 Å². The van der Waals surface area contributed by atoms with E-state index in [1.165, 1.54) is 24.8 Å². The summed E-state index contributed by atoms with van der Waals surface area (Å²) >= 11 is 0. The normalized spacial score (nSPS) is 28.0. The van der Waals surface area contributed by atoms with Gasteiger partial charge in [0.25, 0.3) is 0 Å². The molecule has 1 saturated carbocycles. The predicted molar refractivity (Wildman–Crippen MR) is 103 cm³/mol. The molecule has 2 unspecified atom stereocenters. The number of phenols is 2. The molecule has 2 aromatic carbocycles. The van der Waals surface area contributed by atoms with Crippen LogP contribution in [-0.4, -0.2) is 16.3 Å². The summed E-state index contributed by atoms with van der Waals surface area (Å²) in [5, 5.41) is 19.4. The number of ether oxygens (including phenoxy) is 1. The highest BCUT2D eigenvalue weighted by Crippen LogP contribution is 2.54. The third-order valence-electron chi connectivity index (χ3n) is 6.67. The van der Waals surface area contributed by atoms with Crippen LogP contribution in [0.2, 0.25) is 0 Å². The summed E-state index contributed by atoms with van der Waals surface area (Å²) in [5.74, 6) is 2.53. The maximum atomic E-state index is 9.72. The third kappa shape index (κ3) is 2.74. The summed E-state index contributed by atoms with van der Waals surface area (Å²) in [5.41, 5.74) is 2.53. The zero-order valence-corrected chi connectivity index (χ0v) is 15.6. The summed E-state index contributed by atoms with van der Waals surface area (Å²) in [4.78, 5) is 0. The molecule has 0 spiro atoms. The second-order valence-electron chi connectivity index (χ2n) is 8.23. The molecule has 0 amide bonds. The van der Waals surface area contributed by atoms with Gasteiger partial charge in [-0.15, -0.1) is 0 Å².